The predicted octanol–water partition coefficient (Wildman–Crippen LogP) is 3.83. The van der Waals surface area contributed by atoms with Crippen LogP contribution in [0.15, 0.2) is 24.3 Å². The molecule has 0 saturated heterocycles. The Morgan fingerprint density at radius 2 is 2.00 bits per heavy atom. The van der Waals surface area contributed by atoms with E-state index in [0.29, 0.717) is 14.7 Å². The first-order chi connectivity index (χ1) is 8.00. The van der Waals surface area contributed by atoms with E-state index in [1.807, 2.05) is 0 Å². The SMILES string of the molecule is CC(=O)c1sc(=S)n(-c2ccc(Cl)cc2)c1O. The first-order valence-corrected chi connectivity index (χ1v) is 6.32. The van der Waals surface area contributed by atoms with Crippen LogP contribution in [0.25, 0.3) is 5.69 Å². The Bertz CT molecular complexity index is 628. The minimum atomic E-state index is -0.202. The number of rotatable bonds is 2. The van der Waals surface area contributed by atoms with Crippen molar-refractivity contribution < 1.29 is 9.90 Å². The van der Waals surface area contributed by atoms with Crippen LogP contribution in [-0.2, 0) is 0 Å². The van der Waals surface area contributed by atoms with Crippen molar-refractivity contribution in [1.82, 2.24) is 4.57 Å². The minimum absolute atomic E-state index is 0.116. The molecule has 0 saturated carbocycles. The van der Waals surface area contributed by atoms with Crippen molar-refractivity contribution in [2.24, 2.45) is 0 Å². The molecule has 0 spiro atoms. The Kier molecular flexibility index (Phi) is 3.33. The predicted molar refractivity (Wildman–Crippen MR) is 71.2 cm³/mol. The summed E-state index contributed by atoms with van der Waals surface area (Å²) in [7, 11) is 0. The normalized spacial score (nSPS) is 10.5. The summed E-state index contributed by atoms with van der Waals surface area (Å²) in [6.45, 7) is 1.40. The quantitative estimate of drug-likeness (QED) is 0.673. The van der Waals surface area contributed by atoms with Crippen LogP contribution in [0.2, 0.25) is 5.02 Å². The van der Waals surface area contributed by atoms with Gasteiger partial charge in [0.2, 0.25) is 5.88 Å². The van der Waals surface area contributed by atoms with E-state index >= 15 is 0 Å². The van der Waals surface area contributed by atoms with Gasteiger partial charge in [0.1, 0.15) is 4.88 Å². The van der Waals surface area contributed by atoms with Gasteiger partial charge < -0.3 is 5.11 Å². The van der Waals surface area contributed by atoms with Gasteiger partial charge in [0.05, 0.1) is 5.69 Å². The molecular weight excluding hydrogens is 278 g/mol. The second-order valence-electron chi connectivity index (χ2n) is 3.39. The Balaban J connectivity index is 2.64. The van der Waals surface area contributed by atoms with Gasteiger partial charge in [0, 0.05) is 11.9 Å². The number of carbonyl (C=O) groups is 1. The zero-order valence-corrected chi connectivity index (χ0v) is 11.2. The highest BCUT2D eigenvalue weighted by Crippen LogP contribution is 2.30. The van der Waals surface area contributed by atoms with Gasteiger partial charge in [-0.2, -0.15) is 0 Å². The molecule has 88 valence electrons. The van der Waals surface area contributed by atoms with Gasteiger partial charge in [0.25, 0.3) is 0 Å². The summed E-state index contributed by atoms with van der Waals surface area (Å²) in [5.41, 5.74) is 0.681. The lowest BCUT2D eigenvalue weighted by atomic mass is 10.3. The maximum atomic E-state index is 11.3. The maximum Gasteiger partial charge on any atom is 0.219 e. The molecule has 0 amide bonds. The van der Waals surface area contributed by atoms with E-state index in [1.54, 1.807) is 24.3 Å². The molecule has 6 heteroatoms. The number of thiazole rings is 1. The molecule has 0 aliphatic carbocycles. The second kappa shape index (κ2) is 4.60. The summed E-state index contributed by atoms with van der Waals surface area (Å²) >= 11 is 12.0. The largest absolute Gasteiger partial charge is 0.493 e. The number of hydrogen-bond acceptors (Lipinski definition) is 4. The Labute approximate surface area is 112 Å². The van der Waals surface area contributed by atoms with Crippen molar-refractivity contribution >= 4 is 40.9 Å². The van der Waals surface area contributed by atoms with Gasteiger partial charge in [-0.3, -0.25) is 9.36 Å². The molecule has 0 atom stereocenters. The fourth-order valence-electron chi connectivity index (χ4n) is 1.41. The minimum Gasteiger partial charge on any atom is -0.493 e. The molecule has 0 aliphatic rings. The number of aromatic hydroxyl groups is 1. The molecule has 3 nitrogen and oxygen atoms in total. The summed E-state index contributed by atoms with van der Waals surface area (Å²) in [5.74, 6) is -0.318. The Morgan fingerprint density at radius 3 is 2.47 bits per heavy atom. The highest BCUT2D eigenvalue weighted by molar-refractivity contribution is 7.73. The van der Waals surface area contributed by atoms with Crippen molar-refractivity contribution in [2.45, 2.75) is 6.92 Å². The van der Waals surface area contributed by atoms with Crippen molar-refractivity contribution in [3.8, 4) is 11.6 Å². The number of carbonyl (C=O) groups excluding carboxylic acids is 1. The molecule has 17 heavy (non-hydrogen) atoms. The molecular formula is C11H8ClNO2S2. The van der Waals surface area contributed by atoms with Crippen molar-refractivity contribution in [3.63, 3.8) is 0 Å². The third-order valence-electron chi connectivity index (χ3n) is 2.19. The van der Waals surface area contributed by atoms with Crippen LogP contribution in [-0.4, -0.2) is 15.5 Å². The molecule has 1 heterocycles. The molecule has 1 aromatic heterocycles. The standard InChI is InChI=1S/C11H8ClNO2S2/c1-6(14)9-10(15)13(11(16)17-9)8-4-2-7(12)3-5-8/h2-5,15H,1H3. The van der Waals surface area contributed by atoms with Gasteiger partial charge in [-0.25, -0.2) is 0 Å². The number of hydrogen-bond donors (Lipinski definition) is 1. The number of ketones is 1. The van der Waals surface area contributed by atoms with Crippen molar-refractivity contribution in [1.29, 1.82) is 0 Å². The number of benzene rings is 1. The third kappa shape index (κ3) is 2.26. The van der Waals surface area contributed by atoms with Crippen LogP contribution in [0.3, 0.4) is 0 Å². The van der Waals surface area contributed by atoms with Crippen molar-refractivity contribution in [2.75, 3.05) is 0 Å². The monoisotopic (exact) mass is 285 g/mol. The van der Waals surface area contributed by atoms with E-state index in [9.17, 15) is 9.90 Å². The van der Waals surface area contributed by atoms with E-state index < -0.39 is 0 Å². The Morgan fingerprint density at radius 1 is 1.41 bits per heavy atom. The average Bonchev–Trinajstić information content (AvgIpc) is 2.56. The number of nitrogens with zero attached hydrogens (tertiary/aromatic N) is 1. The van der Waals surface area contributed by atoms with Gasteiger partial charge in [-0.05, 0) is 36.5 Å². The van der Waals surface area contributed by atoms with Crippen LogP contribution in [0.4, 0.5) is 0 Å². The van der Waals surface area contributed by atoms with Crippen LogP contribution < -0.4 is 0 Å². The number of Topliss-reactive ketones (excluding diaryl/α,β-unsaturated/α-hetero) is 1. The molecule has 1 N–H and O–H groups in total. The van der Waals surface area contributed by atoms with E-state index in [0.717, 1.165) is 11.3 Å². The lowest BCUT2D eigenvalue weighted by Gasteiger charge is -2.04. The molecule has 0 fully saturated rings. The smallest absolute Gasteiger partial charge is 0.219 e. The average molecular weight is 286 g/mol. The summed E-state index contributed by atoms with van der Waals surface area (Å²) in [5, 5.41) is 10.6. The molecule has 0 bridgehead atoms. The molecule has 0 unspecified atom stereocenters. The van der Waals surface area contributed by atoms with E-state index in [-0.39, 0.29) is 16.5 Å². The van der Waals surface area contributed by atoms with Crippen LogP contribution in [0.1, 0.15) is 16.6 Å². The topological polar surface area (TPSA) is 42.2 Å². The number of halogens is 1. The summed E-state index contributed by atoms with van der Waals surface area (Å²) in [6.07, 6.45) is 0. The van der Waals surface area contributed by atoms with Crippen LogP contribution in [0.5, 0.6) is 5.88 Å². The fourth-order valence-corrected chi connectivity index (χ4v) is 2.77. The highest BCUT2D eigenvalue weighted by atomic mass is 35.5. The Hall–Kier alpha value is -1.17. The third-order valence-corrected chi connectivity index (χ3v) is 3.91. The maximum absolute atomic E-state index is 11.3. The van der Waals surface area contributed by atoms with E-state index in [1.165, 1.54) is 11.5 Å². The van der Waals surface area contributed by atoms with Gasteiger partial charge in [0.15, 0.2) is 9.74 Å². The van der Waals surface area contributed by atoms with Crippen molar-refractivity contribution in [3.05, 3.63) is 38.1 Å². The van der Waals surface area contributed by atoms with Gasteiger partial charge in [-0.1, -0.05) is 22.9 Å². The summed E-state index contributed by atoms with van der Waals surface area (Å²) < 4.78 is 1.88. The van der Waals surface area contributed by atoms with E-state index in [4.69, 9.17) is 23.8 Å². The lowest BCUT2D eigenvalue weighted by molar-refractivity contribution is 0.101. The molecule has 0 aliphatic heterocycles. The summed E-state index contributed by atoms with van der Waals surface area (Å²) in [6, 6.07) is 6.86. The van der Waals surface area contributed by atoms with E-state index in [2.05, 4.69) is 0 Å². The molecule has 1 aromatic carbocycles. The zero-order chi connectivity index (χ0) is 12.6. The molecule has 2 rings (SSSR count). The van der Waals surface area contributed by atoms with Gasteiger partial charge in [-0.15, -0.1) is 0 Å². The fraction of sp³-hybridized carbons (Fsp3) is 0.0909. The first kappa shape index (κ1) is 12.3. The molecule has 2 aromatic rings. The van der Waals surface area contributed by atoms with Gasteiger partial charge >= 0.3 is 0 Å². The number of aromatic nitrogens is 1. The summed E-state index contributed by atoms with van der Waals surface area (Å²) in [4.78, 5) is 11.6. The first-order valence-electron chi connectivity index (χ1n) is 4.72. The zero-order valence-electron chi connectivity index (χ0n) is 8.81. The molecule has 0 radical (unpaired) electrons. The highest BCUT2D eigenvalue weighted by Gasteiger charge is 2.16. The lowest BCUT2D eigenvalue weighted by Crippen LogP contribution is -1.95. The van der Waals surface area contributed by atoms with Crippen LogP contribution in [0, 0.1) is 3.95 Å². The van der Waals surface area contributed by atoms with Crippen LogP contribution >= 0.6 is 35.2 Å². The second-order valence-corrected chi connectivity index (χ2v) is 5.47.